The van der Waals surface area contributed by atoms with Crippen molar-refractivity contribution in [3.05, 3.63) is 0 Å². The van der Waals surface area contributed by atoms with E-state index in [0.717, 1.165) is 0 Å². The predicted octanol–water partition coefficient (Wildman–Crippen LogP) is -2.61. The van der Waals surface area contributed by atoms with Crippen molar-refractivity contribution in [3.8, 4) is 0 Å². The number of ether oxygens (including phenoxy) is 1. The van der Waals surface area contributed by atoms with Crippen LogP contribution in [0.2, 0.25) is 0 Å². The van der Waals surface area contributed by atoms with E-state index >= 15 is 0 Å². The van der Waals surface area contributed by atoms with E-state index in [0.29, 0.717) is 0 Å². The fourth-order valence-corrected chi connectivity index (χ4v) is 1.11. The van der Waals surface area contributed by atoms with Crippen LogP contribution >= 0.6 is 0 Å². The Morgan fingerprint density at radius 2 is 2.00 bits per heavy atom. The third-order valence-corrected chi connectivity index (χ3v) is 1.90. The summed E-state index contributed by atoms with van der Waals surface area (Å²) in [6.45, 7) is 0.449. The summed E-state index contributed by atoms with van der Waals surface area (Å²) in [6.07, 6.45) is -2.36. The van der Waals surface area contributed by atoms with Crippen molar-refractivity contribution in [3.63, 3.8) is 0 Å². The van der Waals surface area contributed by atoms with Gasteiger partial charge in [-0.25, -0.2) is 0 Å². The van der Waals surface area contributed by atoms with Crippen molar-refractivity contribution < 1.29 is 14.9 Å². The maximum Gasteiger partial charge on any atom is 0.109 e. The third kappa shape index (κ3) is 1.69. The van der Waals surface area contributed by atoms with Crippen LogP contribution in [0.3, 0.4) is 0 Å². The number of nitrogens with two attached hydrogens (primary N) is 2. The van der Waals surface area contributed by atoms with E-state index in [9.17, 15) is 10.2 Å². The SMILES string of the molecule is NC[C@@H]1OC[C@@H](N)[C@@H](O)[C@@H]1O. The zero-order valence-corrected chi connectivity index (χ0v) is 6.18. The first-order chi connectivity index (χ1) is 5.16. The molecule has 0 amide bonds. The molecule has 6 N–H and O–H groups in total. The Morgan fingerprint density at radius 1 is 1.36 bits per heavy atom. The third-order valence-electron chi connectivity index (χ3n) is 1.90. The summed E-state index contributed by atoms with van der Waals surface area (Å²) in [7, 11) is 0. The Morgan fingerprint density at radius 3 is 2.55 bits per heavy atom. The van der Waals surface area contributed by atoms with Crippen LogP contribution in [0.25, 0.3) is 0 Å². The second kappa shape index (κ2) is 3.46. The van der Waals surface area contributed by atoms with Gasteiger partial charge < -0.3 is 26.4 Å². The number of hydrogen-bond acceptors (Lipinski definition) is 5. The zero-order valence-electron chi connectivity index (χ0n) is 6.18. The highest BCUT2D eigenvalue weighted by Gasteiger charge is 2.35. The van der Waals surface area contributed by atoms with Gasteiger partial charge in [0.25, 0.3) is 0 Å². The van der Waals surface area contributed by atoms with Gasteiger partial charge in [-0.05, 0) is 0 Å². The first-order valence-electron chi connectivity index (χ1n) is 3.60. The number of hydrogen-bond donors (Lipinski definition) is 4. The summed E-state index contributed by atoms with van der Waals surface area (Å²) in [5.41, 5.74) is 10.7. The number of aliphatic hydroxyl groups excluding tert-OH is 2. The molecule has 5 nitrogen and oxygen atoms in total. The molecular weight excluding hydrogens is 148 g/mol. The van der Waals surface area contributed by atoms with Crippen LogP contribution in [-0.4, -0.2) is 47.7 Å². The van der Waals surface area contributed by atoms with Crippen molar-refractivity contribution in [1.29, 1.82) is 0 Å². The summed E-state index contributed by atoms with van der Waals surface area (Å²) >= 11 is 0. The molecule has 0 aromatic heterocycles. The van der Waals surface area contributed by atoms with Crippen LogP contribution in [-0.2, 0) is 4.74 Å². The molecule has 4 atom stereocenters. The van der Waals surface area contributed by atoms with E-state index in [2.05, 4.69) is 0 Å². The lowest BCUT2D eigenvalue weighted by Crippen LogP contribution is -2.58. The molecule has 0 aromatic rings. The van der Waals surface area contributed by atoms with E-state index in [-0.39, 0.29) is 13.2 Å². The van der Waals surface area contributed by atoms with Gasteiger partial charge in [-0.15, -0.1) is 0 Å². The van der Waals surface area contributed by atoms with E-state index in [1.54, 1.807) is 0 Å². The molecular formula is C6H14N2O3. The van der Waals surface area contributed by atoms with Gasteiger partial charge in [0.15, 0.2) is 0 Å². The highest BCUT2D eigenvalue weighted by molar-refractivity contribution is 4.88. The minimum absolute atomic E-state index is 0.199. The van der Waals surface area contributed by atoms with E-state index in [4.69, 9.17) is 16.2 Å². The van der Waals surface area contributed by atoms with Crippen molar-refractivity contribution in [1.82, 2.24) is 0 Å². The Labute approximate surface area is 64.9 Å². The van der Waals surface area contributed by atoms with Crippen molar-refractivity contribution in [2.75, 3.05) is 13.2 Å². The zero-order chi connectivity index (χ0) is 8.43. The fourth-order valence-electron chi connectivity index (χ4n) is 1.11. The molecule has 66 valence electrons. The molecule has 11 heavy (non-hydrogen) atoms. The standard InChI is InChI=1S/C6H14N2O3/c7-1-4-6(10)5(9)3(8)2-11-4/h3-6,9-10H,1-2,7-8H2/t3-,4+,5-,6-/m1/s1. The highest BCUT2D eigenvalue weighted by Crippen LogP contribution is 2.12. The van der Waals surface area contributed by atoms with Crippen LogP contribution in [0.1, 0.15) is 0 Å². The Kier molecular flexibility index (Phi) is 2.80. The molecule has 0 spiro atoms. The first kappa shape index (κ1) is 8.89. The highest BCUT2D eigenvalue weighted by atomic mass is 16.5. The van der Waals surface area contributed by atoms with Crippen molar-refractivity contribution >= 4 is 0 Å². The summed E-state index contributed by atoms with van der Waals surface area (Å²) in [4.78, 5) is 0. The molecule has 1 aliphatic rings. The molecule has 1 aliphatic heterocycles. The second-order valence-corrected chi connectivity index (χ2v) is 2.75. The molecule has 0 unspecified atom stereocenters. The molecule has 1 fully saturated rings. The summed E-state index contributed by atoms with van der Waals surface area (Å²) in [5, 5.41) is 18.5. The molecule has 1 heterocycles. The van der Waals surface area contributed by atoms with Gasteiger partial charge in [-0.1, -0.05) is 0 Å². The van der Waals surface area contributed by atoms with Crippen molar-refractivity contribution in [2.24, 2.45) is 11.5 Å². The van der Waals surface area contributed by atoms with Crippen LogP contribution in [0.4, 0.5) is 0 Å². The largest absolute Gasteiger partial charge is 0.389 e. The Balaban J connectivity index is 2.52. The fraction of sp³-hybridized carbons (Fsp3) is 1.00. The molecule has 0 radical (unpaired) electrons. The number of rotatable bonds is 1. The van der Waals surface area contributed by atoms with E-state index < -0.39 is 24.4 Å². The van der Waals surface area contributed by atoms with Gasteiger partial charge in [0.1, 0.15) is 6.10 Å². The average molecular weight is 162 g/mol. The van der Waals surface area contributed by atoms with Gasteiger partial charge in [0.05, 0.1) is 24.9 Å². The minimum atomic E-state index is -0.955. The molecule has 0 aromatic carbocycles. The van der Waals surface area contributed by atoms with Crippen LogP contribution in [0, 0.1) is 0 Å². The van der Waals surface area contributed by atoms with Gasteiger partial charge in [-0.3, -0.25) is 0 Å². The molecule has 0 aliphatic carbocycles. The molecule has 0 bridgehead atoms. The van der Waals surface area contributed by atoms with Gasteiger partial charge in [0.2, 0.25) is 0 Å². The smallest absolute Gasteiger partial charge is 0.109 e. The van der Waals surface area contributed by atoms with Crippen LogP contribution in [0.5, 0.6) is 0 Å². The molecule has 1 rings (SSSR count). The van der Waals surface area contributed by atoms with Gasteiger partial charge in [-0.2, -0.15) is 0 Å². The lowest BCUT2D eigenvalue weighted by Gasteiger charge is -2.35. The maximum absolute atomic E-state index is 9.27. The van der Waals surface area contributed by atoms with Crippen LogP contribution < -0.4 is 11.5 Å². The Hall–Kier alpha value is -0.200. The summed E-state index contributed by atoms with van der Waals surface area (Å²) < 4.78 is 5.06. The maximum atomic E-state index is 9.27. The normalized spacial score (nSPS) is 45.8. The topological polar surface area (TPSA) is 102 Å². The molecule has 5 heteroatoms. The predicted molar refractivity (Wildman–Crippen MR) is 38.8 cm³/mol. The van der Waals surface area contributed by atoms with E-state index in [1.165, 1.54) is 0 Å². The van der Waals surface area contributed by atoms with Gasteiger partial charge >= 0.3 is 0 Å². The number of aliphatic hydroxyl groups is 2. The molecule has 1 saturated heterocycles. The van der Waals surface area contributed by atoms with Crippen molar-refractivity contribution in [2.45, 2.75) is 24.4 Å². The minimum Gasteiger partial charge on any atom is -0.389 e. The quantitative estimate of drug-likeness (QED) is 0.338. The second-order valence-electron chi connectivity index (χ2n) is 2.75. The lowest BCUT2D eigenvalue weighted by atomic mass is 9.99. The first-order valence-corrected chi connectivity index (χ1v) is 3.60. The Bertz CT molecular complexity index is 131. The summed E-state index contributed by atoms with van der Waals surface area (Å²) in [5.74, 6) is 0. The van der Waals surface area contributed by atoms with Gasteiger partial charge in [0, 0.05) is 6.54 Å². The average Bonchev–Trinajstić information content (AvgIpc) is 2.01. The van der Waals surface area contributed by atoms with Crippen LogP contribution in [0.15, 0.2) is 0 Å². The van der Waals surface area contributed by atoms with E-state index in [1.807, 2.05) is 0 Å². The molecule has 0 saturated carbocycles. The monoisotopic (exact) mass is 162 g/mol. The summed E-state index contributed by atoms with van der Waals surface area (Å²) in [6, 6.07) is -0.507. The lowest BCUT2D eigenvalue weighted by molar-refractivity contribution is -0.139.